The van der Waals surface area contributed by atoms with Crippen LogP contribution in [0.3, 0.4) is 0 Å². The number of aromatic hydroxyl groups is 1. The Bertz CT molecular complexity index is 1520. The molecule has 2 aromatic rings. The van der Waals surface area contributed by atoms with Crippen molar-refractivity contribution in [3.8, 4) is 16.9 Å². The van der Waals surface area contributed by atoms with Crippen LogP contribution in [0.25, 0.3) is 16.9 Å². The van der Waals surface area contributed by atoms with Gasteiger partial charge in [0.15, 0.2) is 11.6 Å². The summed E-state index contributed by atoms with van der Waals surface area (Å²) in [6, 6.07) is 11.3. The Kier molecular flexibility index (Phi) is 6.31. The van der Waals surface area contributed by atoms with Crippen molar-refractivity contribution >= 4 is 23.2 Å². The topological polar surface area (TPSA) is 153 Å². The molecule has 0 heterocycles. The minimum atomic E-state index is -1.26. The lowest BCUT2D eigenvalue weighted by atomic mass is 9.59. The number of aliphatic hydroxyl groups is 2. The second-order valence-electron chi connectivity index (χ2n) is 11.6. The third kappa shape index (κ3) is 4.12. The number of nitrogens with one attached hydrogen (secondary N) is 1. The van der Waals surface area contributed by atoms with E-state index in [0.29, 0.717) is 18.9 Å². The first-order chi connectivity index (χ1) is 19.1. The highest BCUT2D eigenvalue weighted by Gasteiger charge is 2.55. The zero-order chi connectivity index (χ0) is 28.5. The number of carbonyl (C=O) groups is 3. The van der Waals surface area contributed by atoms with Crippen LogP contribution in [0.2, 0.25) is 0 Å². The van der Waals surface area contributed by atoms with Crippen LogP contribution in [0, 0.1) is 17.8 Å². The first-order valence-corrected chi connectivity index (χ1v) is 13.7. The summed E-state index contributed by atoms with van der Waals surface area (Å²) in [5.41, 5.74) is 8.79. The van der Waals surface area contributed by atoms with E-state index >= 15 is 0 Å². The molecule has 2 fully saturated rings. The van der Waals surface area contributed by atoms with Crippen LogP contribution in [-0.4, -0.2) is 63.9 Å². The zero-order valence-corrected chi connectivity index (χ0v) is 22.5. The van der Waals surface area contributed by atoms with Crippen LogP contribution in [0.4, 0.5) is 0 Å². The molecule has 0 aliphatic heterocycles. The second-order valence-corrected chi connectivity index (χ2v) is 11.6. The molecule has 1 amide bonds. The molecule has 208 valence electrons. The van der Waals surface area contributed by atoms with E-state index in [1.807, 2.05) is 18.2 Å². The predicted molar refractivity (Wildman–Crippen MR) is 148 cm³/mol. The number of amides is 1. The molecule has 40 heavy (non-hydrogen) atoms. The van der Waals surface area contributed by atoms with Gasteiger partial charge in [-0.3, -0.25) is 19.3 Å². The van der Waals surface area contributed by atoms with Crippen LogP contribution in [0.15, 0.2) is 53.3 Å². The number of carbonyl (C=O) groups excluding carboxylic acids is 3. The Morgan fingerprint density at radius 1 is 1.07 bits per heavy atom. The quantitative estimate of drug-likeness (QED) is 0.275. The van der Waals surface area contributed by atoms with Gasteiger partial charge in [0.05, 0.1) is 17.5 Å². The van der Waals surface area contributed by atoms with E-state index in [1.54, 1.807) is 19.0 Å². The lowest BCUT2D eigenvalue weighted by molar-refractivity contribution is -0.136. The number of primary amides is 1. The highest BCUT2D eigenvalue weighted by atomic mass is 16.3. The number of hydrogen-bond donors (Lipinski definition) is 5. The van der Waals surface area contributed by atoms with Gasteiger partial charge in [-0.25, -0.2) is 0 Å². The fraction of sp³-hybridized carbons (Fsp3) is 0.387. The highest BCUT2D eigenvalue weighted by molar-refractivity contribution is 6.28. The molecule has 0 spiro atoms. The van der Waals surface area contributed by atoms with Crippen molar-refractivity contribution in [2.24, 2.45) is 23.5 Å². The van der Waals surface area contributed by atoms with E-state index in [4.69, 9.17) is 5.73 Å². The minimum Gasteiger partial charge on any atom is -0.510 e. The molecule has 6 rings (SSSR count). The normalized spacial score (nSPS) is 26.1. The maximum atomic E-state index is 13.9. The van der Waals surface area contributed by atoms with Gasteiger partial charge < -0.3 is 26.4 Å². The Morgan fingerprint density at radius 3 is 2.50 bits per heavy atom. The Balaban J connectivity index is 1.44. The first-order valence-electron chi connectivity index (χ1n) is 13.7. The molecule has 4 atom stereocenters. The lowest BCUT2D eigenvalue weighted by Gasteiger charge is -2.46. The minimum absolute atomic E-state index is 0.0830. The van der Waals surface area contributed by atoms with Gasteiger partial charge in [-0.1, -0.05) is 24.3 Å². The van der Waals surface area contributed by atoms with E-state index in [9.17, 15) is 29.7 Å². The van der Waals surface area contributed by atoms with Gasteiger partial charge in [-0.15, -0.1) is 0 Å². The van der Waals surface area contributed by atoms with E-state index in [-0.39, 0.29) is 22.6 Å². The SMILES string of the molecule is CN(C)[C@@H]1C(O)=C(C(N)=O)C(=O)C2C(=O)C3=C(O)c4c(O)ccc(-c5cccc(CNC6CC6)c5)c4CC3CC21. The van der Waals surface area contributed by atoms with Crippen LogP contribution in [0.5, 0.6) is 5.75 Å². The van der Waals surface area contributed by atoms with Crippen molar-refractivity contribution in [2.75, 3.05) is 14.1 Å². The van der Waals surface area contributed by atoms with Gasteiger partial charge in [0, 0.05) is 18.2 Å². The van der Waals surface area contributed by atoms with Crippen molar-refractivity contribution in [1.29, 1.82) is 0 Å². The largest absolute Gasteiger partial charge is 0.510 e. The van der Waals surface area contributed by atoms with Crippen molar-refractivity contribution in [3.63, 3.8) is 0 Å². The number of allylic oxidation sites excluding steroid dienone is 1. The summed E-state index contributed by atoms with van der Waals surface area (Å²) < 4.78 is 0. The summed E-state index contributed by atoms with van der Waals surface area (Å²) in [7, 11) is 3.41. The molecule has 0 saturated heterocycles. The molecule has 2 aromatic carbocycles. The van der Waals surface area contributed by atoms with Gasteiger partial charge in [0.2, 0.25) is 0 Å². The average molecular weight is 544 g/mol. The smallest absolute Gasteiger partial charge is 0.255 e. The molecular weight excluding hydrogens is 510 g/mol. The fourth-order valence-corrected chi connectivity index (χ4v) is 6.94. The van der Waals surface area contributed by atoms with Gasteiger partial charge >= 0.3 is 0 Å². The summed E-state index contributed by atoms with van der Waals surface area (Å²) in [6.07, 6.45) is 3.07. The Hall–Kier alpha value is -3.95. The van der Waals surface area contributed by atoms with E-state index < -0.39 is 52.6 Å². The van der Waals surface area contributed by atoms with Gasteiger partial charge in [0.25, 0.3) is 5.91 Å². The number of nitrogens with two attached hydrogens (primary N) is 1. The lowest BCUT2D eigenvalue weighted by Crippen LogP contribution is -2.55. The predicted octanol–water partition coefficient (Wildman–Crippen LogP) is 2.77. The van der Waals surface area contributed by atoms with Crippen molar-refractivity contribution in [2.45, 2.75) is 44.3 Å². The van der Waals surface area contributed by atoms with Crippen molar-refractivity contribution in [3.05, 3.63) is 70.0 Å². The number of Topliss-reactive ketones (excluding diaryl/α,β-unsaturated/α-hetero) is 2. The van der Waals surface area contributed by atoms with Crippen LogP contribution >= 0.6 is 0 Å². The van der Waals surface area contributed by atoms with E-state index in [1.165, 1.54) is 18.9 Å². The molecular formula is C31H33N3O6. The number of phenols is 1. The fourth-order valence-electron chi connectivity index (χ4n) is 6.94. The van der Waals surface area contributed by atoms with Gasteiger partial charge in [-0.2, -0.15) is 0 Å². The number of fused-ring (bicyclic) bond motifs is 3. The monoisotopic (exact) mass is 543 g/mol. The van der Waals surface area contributed by atoms with Crippen LogP contribution in [-0.2, 0) is 27.3 Å². The highest BCUT2D eigenvalue weighted by Crippen LogP contribution is 2.51. The summed E-state index contributed by atoms with van der Waals surface area (Å²) in [6.45, 7) is 0.749. The molecule has 9 heteroatoms. The number of hydrogen-bond acceptors (Lipinski definition) is 8. The summed E-state index contributed by atoms with van der Waals surface area (Å²) in [4.78, 5) is 41.0. The maximum absolute atomic E-state index is 13.9. The third-order valence-corrected chi connectivity index (χ3v) is 8.86. The summed E-state index contributed by atoms with van der Waals surface area (Å²) in [5, 5.41) is 36.8. The van der Waals surface area contributed by atoms with Crippen LogP contribution < -0.4 is 11.1 Å². The number of rotatable bonds is 6. The number of phenolic OH excluding ortho intramolecular Hbond substituents is 1. The van der Waals surface area contributed by atoms with Crippen molar-refractivity contribution in [1.82, 2.24) is 10.2 Å². The van der Waals surface area contributed by atoms with Gasteiger partial charge in [-0.05, 0) is 86.0 Å². The Morgan fingerprint density at radius 2 is 1.82 bits per heavy atom. The van der Waals surface area contributed by atoms with Gasteiger partial charge in [0.1, 0.15) is 22.8 Å². The molecule has 0 radical (unpaired) electrons. The van der Waals surface area contributed by atoms with Crippen molar-refractivity contribution < 1.29 is 29.7 Å². The maximum Gasteiger partial charge on any atom is 0.255 e. The second kappa shape index (κ2) is 9.60. The van der Waals surface area contributed by atoms with E-state index in [0.717, 1.165) is 28.8 Å². The number of benzene rings is 2. The van der Waals surface area contributed by atoms with E-state index in [2.05, 4.69) is 17.4 Å². The molecule has 6 N–H and O–H groups in total. The molecule has 4 aliphatic carbocycles. The molecule has 9 nitrogen and oxygen atoms in total. The standard InChI is InChI=1S/C31H33N3O6/c1-34(2)26-20-12-16-11-19-18(15-5-3-4-14(10-15)13-33-17-6-7-17)8-9-21(35)23(19)27(36)22(16)28(37)24(20)29(38)25(30(26)39)31(32)40/h3-5,8-10,16-17,20,24,26,33,35-36,39H,6-7,11-13H2,1-2H3,(H2,32,40)/t16?,20?,24?,26-/m0/s1. The number of likely N-dealkylation sites (N-methyl/N-ethyl adjacent to an activating group) is 1. The summed E-state index contributed by atoms with van der Waals surface area (Å²) in [5.74, 6) is -5.73. The van der Waals surface area contributed by atoms with Crippen LogP contribution in [0.1, 0.15) is 36.0 Å². The molecule has 4 aliphatic rings. The average Bonchev–Trinajstić information content (AvgIpc) is 3.71. The summed E-state index contributed by atoms with van der Waals surface area (Å²) >= 11 is 0. The molecule has 0 aromatic heterocycles. The Labute approximate surface area is 232 Å². The third-order valence-electron chi connectivity index (χ3n) is 8.86. The molecule has 3 unspecified atom stereocenters. The number of nitrogens with zero attached hydrogens (tertiary/aromatic N) is 1. The molecule has 2 saturated carbocycles. The molecule has 0 bridgehead atoms. The number of aliphatic hydroxyl groups excluding tert-OH is 2. The number of ketones is 2. The zero-order valence-electron chi connectivity index (χ0n) is 22.5. The first kappa shape index (κ1) is 26.3.